The van der Waals surface area contributed by atoms with Crippen LogP contribution in [0.5, 0.6) is 5.75 Å². The number of para-hydroxylation sites is 1. The predicted octanol–water partition coefficient (Wildman–Crippen LogP) is 5.12. The Morgan fingerprint density at radius 1 is 1.25 bits per heavy atom. The van der Waals surface area contributed by atoms with E-state index in [4.69, 9.17) is 4.74 Å². The van der Waals surface area contributed by atoms with Gasteiger partial charge in [0, 0.05) is 30.1 Å². The zero-order chi connectivity index (χ0) is 20.8. The molecule has 1 aromatic carbocycles. The molecule has 0 aliphatic heterocycles. The van der Waals surface area contributed by atoms with Gasteiger partial charge in [-0.1, -0.05) is 25.6 Å². The lowest BCUT2D eigenvalue weighted by atomic mass is 10.0. The lowest BCUT2D eigenvalue weighted by molar-refractivity contribution is 0.101. The van der Waals surface area contributed by atoms with Crippen molar-refractivity contribution in [2.75, 3.05) is 6.61 Å². The molecule has 0 bridgehead atoms. The lowest BCUT2D eigenvalue weighted by Crippen LogP contribution is -2.18. The van der Waals surface area contributed by atoms with Gasteiger partial charge in [-0.3, -0.25) is 9.59 Å². The summed E-state index contributed by atoms with van der Waals surface area (Å²) in [6, 6.07) is 6.17. The fourth-order valence-corrected chi connectivity index (χ4v) is 3.07. The van der Waals surface area contributed by atoms with E-state index in [2.05, 4.69) is 6.58 Å². The first-order valence-electron chi connectivity index (χ1n) is 9.34. The van der Waals surface area contributed by atoms with Crippen LogP contribution in [0.25, 0.3) is 11.1 Å². The largest absolute Gasteiger partial charge is 0.490 e. The first-order chi connectivity index (χ1) is 13.3. The van der Waals surface area contributed by atoms with Crippen molar-refractivity contribution in [2.45, 2.75) is 40.7 Å². The topological polar surface area (TPSA) is 48.3 Å². The molecule has 4 nitrogen and oxygen atoms in total. The number of aryl methyl sites for hydroxylation is 1. The van der Waals surface area contributed by atoms with Crippen LogP contribution in [0.4, 0.5) is 4.39 Å². The molecule has 148 valence electrons. The molecule has 28 heavy (non-hydrogen) atoms. The van der Waals surface area contributed by atoms with Crippen molar-refractivity contribution in [3.8, 4) is 5.75 Å². The van der Waals surface area contributed by atoms with Crippen LogP contribution in [0.1, 0.15) is 55.7 Å². The van der Waals surface area contributed by atoms with Gasteiger partial charge in [0.05, 0.1) is 12.2 Å². The number of Topliss-reactive ketones (excluding diaryl/α,β-unsaturated/α-hetero) is 1. The molecular formula is C23H26FNO3. The van der Waals surface area contributed by atoms with Gasteiger partial charge in [-0.2, -0.15) is 0 Å². The highest BCUT2D eigenvalue weighted by molar-refractivity contribution is 5.94. The van der Waals surface area contributed by atoms with Gasteiger partial charge < -0.3 is 9.30 Å². The highest BCUT2D eigenvalue weighted by Crippen LogP contribution is 2.30. The van der Waals surface area contributed by atoms with E-state index < -0.39 is 5.82 Å². The van der Waals surface area contributed by atoms with E-state index >= 15 is 0 Å². The van der Waals surface area contributed by atoms with Gasteiger partial charge >= 0.3 is 0 Å². The molecule has 2 rings (SSSR count). The van der Waals surface area contributed by atoms with Crippen LogP contribution >= 0.6 is 0 Å². The van der Waals surface area contributed by atoms with Gasteiger partial charge in [0.15, 0.2) is 22.8 Å². The maximum absolute atomic E-state index is 14.1. The van der Waals surface area contributed by atoms with E-state index in [-0.39, 0.29) is 22.5 Å². The number of hydrogen-bond donors (Lipinski definition) is 0. The van der Waals surface area contributed by atoms with Crippen LogP contribution in [0.2, 0.25) is 0 Å². The summed E-state index contributed by atoms with van der Waals surface area (Å²) in [5, 5.41) is 0. The van der Waals surface area contributed by atoms with Crippen LogP contribution in [0, 0.1) is 5.82 Å². The Labute approximate surface area is 165 Å². The van der Waals surface area contributed by atoms with Gasteiger partial charge in [-0.15, -0.1) is 0 Å². The second-order valence-corrected chi connectivity index (χ2v) is 6.59. The zero-order valence-electron chi connectivity index (χ0n) is 16.8. The SMILES string of the molecule is C=C(/C=C(\C)c1cc(=O)c(C(C)=O)cn1CCC)c1cccc(F)c1OCC. The van der Waals surface area contributed by atoms with E-state index in [0.29, 0.717) is 30.0 Å². The molecule has 0 saturated carbocycles. The maximum atomic E-state index is 14.1. The van der Waals surface area contributed by atoms with Gasteiger partial charge in [-0.05, 0) is 50.5 Å². The molecular weight excluding hydrogens is 357 g/mol. The van der Waals surface area contributed by atoms with Crippen LogP contribution in [0.3, 0.4) is 0 Å². The lowest BCUT2D eigenvalue weighted by Gasteiger charge is -2.16. The Morgan fingerprint density at radius 2 is 1.96 bits per heavy atom. The molecule has 0 atom stereocenters. The number of carbonyl (C=O) groups is 1. The van der Waals surface area contributed by atoms with Gasteiger partial charge in [0.2, 0.25) is 0 Å². The Kier molecular flexibility index (Phi) is 7.10. The summed E-state index contributed by atoms with van der Waals surface area (Å²) in [6.45, 7) is 12.1. The molecule has 2 aromatic rings. The highest BCUT2D eigenvalue weighted by Gasteiger charge is 2.14. The monoisotopic (exact) mass is 383 g/mol. The van der Waals surface area contributed by atoms with Crippen molar-refractivity contribution in [3.63, 3.8) is 0 Å². The minimum Gasteiger partial charge on any atom is -0.490 e. The molecule has 0 unspecified atom stereocenters. The number of ether oxygens (including phenoxy) is 1. The molecule has 0 aliphatic rings. The second kappa shape index (κ2) is 9.31. The first kappa shape index (κ1) is 21.4. The number of allylic oxidation sites excluding steroid dienone is 3. The number of carbonyl (C=O) groups excluding carboxylic acids is 1. The second-order valence-electron chi connectivity index (χ2n) is 6.59. The summed E-state index contributed by atoms with van der Waals surface area (Å²) in [7, 11) is 0. The molecule has 1 aromatic heterocycles. The Bertz CT molecular complexity index is 986. The first-order valence-corrected chi connectivity index (χ1v) is 9.34. The quantitative estimate of drug-likeness (QED) is 0.470. The van der Waals surface area contributed by atoms with Gasteiger partial charge in [0.1, 0.15) is 0 Å². The van der Waals surface area contributed by atoms with Crippen LogP contribution in [-0.4, -0.2) is 17.0 Å². The Balaban J connectivity index is 2.52. The van der Waals surface area contributed by atoms with E-state index in [1.165, 1.54) is 19.1 Å². The van der Waals surface area contributed by atoms with E-state index in [1.54, 1.807) is 31.3 Å². The van der Waals surface area contributed by atoms with Crippen molar-refractivity contribution in [1.29, 1.82) is 0 Å². The zero-order valence-corrected chi connectivity index (χ0v) is 16.8. The Hall–Kier alpha value is -2.95. The fourth-order valence-electron chi connectivity index (χ4n) is 3.07. The van der Waals surface area contributed by atoms with Crippen LogP contribution in [0.15, 0.2) is 47.9 Å². The van der Waals surface area contributed by atoms with Gasteiger partial charge in [-0.25, -0.2) is 4.39 Å². The summed E-state index contributed by atoms with van der Waals surface area (Å²) in [6.07, 6.45) is 4.25. The number of hydrogen-bond acceptors (Lipinski definition) is 3. The minimum atomic E-state index is -0.444. The van der Waals surface area contributed by atoms with E-state index in [0.717, 1.165) is 12.0 Å². The molecule has 0 fully saturated rings. The summed E-state index contributed by atoms with van der Waals surface area (Å²) in [5.41, 5.74) is 2.49. The Morgan fingerprint density at radius 3 is 2.57 bits per heavy atom. The summed E-state index contributed by atoms with van der Waals surface area (Å²) < 4.78 is 21.5. The van der Waals surface area contributed by atoms with E-state index in [1.807, 2.05) is 18.4 Å². The molecule has 0 saturated heterocycles. The van der Waals surface area contributed by atoms with Crippen LogP contribution < -0.4 is 10.2 Å². The molecule has 0 radical (unpaired) electrons. The average molecular weight is 383 g/mol. The summed E-state index contributed by atoms with van der Waals surface area (Å²) in [5.74, 6) is -0.536. The van der Waals surface area contributed by atoms with Crippen molar-refractivity contribution in [3.05, 3.63) is 76.0 Å². The predicted molar refractivity (Wildman–Crippen MR) is 111 cm³/mol. The molecule has 0 amide bonds. The number of rotatable bonds is 8. The van der Waals surface area contributed by atoms with Crippen molar-refractivity contribution >= 4 is 16.9 Å². The smallest absolute Gasteiger partial charge is 0.192 e. The summed E-state index contributed by atoms with van der Waals surface area (Å²) in [4.78, 5) is 24.0. The third-order valence-electron chi connectivity index (χ3n) is 4.37. The maximum Gasteiger partial charge on any atom is 0.192 e. The van der Waals surface area contributed by atoms with Crippen molar-refractivity contribution in [2.24, 2.45) is 0 Å². The number of halogens is 1. The standard InChI is InChI=1S/C23H26FNO3/c1-6-11-25-14-19(17(5)26)22(27)13-21(25)16(4)12-15(3)18-9-8-10-20(24)23(18)28-7-2/h8-10,12-14H,3,6-7,11H2,1-2,4-5H3/b16-12+. The van der Waals surface area contributed by atoms with E-state index in [9.17, 15) is 14.0 Å². The molecule has 1 heterocycles. The molecule has 0 aliphatic carbocycles. The number of nitrogens with zero attached hydrogens (tertiary/aromatic N) is 1. The average Bonchev–Trinajstić information content (AvgIpc) is 2.64. The number of benzene rings is 1. The highest BCUT2D eigenvalue weighted by atomic mass is 19.1. The molecule has 0 N–H and O–H groups in total. The van der Waals surface area contributed by atoms with Gasteiger partial charge in [0.25, 0.3) is 0 Å². The number of pyridine rings is 1. The van der Waals surface area contributed by atoms with Crippen molar-refractivity contribution < 1.29 is 13.9 Å². The third-order valence-corrected chi connectivity index (χ3v) is 4.37. The summed E-state index contributed by atoms with van der Waals surface area (Å²) >= 11 is 0. The van der Waals surface area contributed by atoms with Crippen LogP contribution in [-0.2, 0) is 6.54 Å². The molecule has 0 spiro atoms. The number of ketones is 1. The minimum absolute atomic E-state index is 0.164. The third kappa shape index (κ3) is 4.66. The normalized spacial score (nSPS) is 11.4. The van der Waals surface area contributed by atoms with Crippen molar-refractivity contribution in [1.82, 2.24) is 4.57 Å². The molecule has 5 heteroatoms. The number of aromatic nitrogens is 1. The fraction of sp³-hybridized carbons (Fsp3) is 0.304.